The summed E-state index contributed by atoms with van der Waals surface area (Å²) in [7, 11) is 0. The van der Waals surface area contributed by atoms with Crippen LogP contribution in [0.25, 0.3) is 0 Å². The van der Waals surface area contributed by atoms with Gasteiger partial charge in [-0.1, -0.05) is 11.6 Å². The van der Waals surface area contributed by atoms with Gasteiger partial charge in [0.05, 0.1) is 11.1 Å². The molecule has 0 saturated heterocycles. The number of hydrogen-bond acceptors (Lipinski definition) is 5. The Morgan fingerprint density at radius 1 is 1.17 bits per heavy atom. The first-order valence-corrected chi connectivity index (χ1v) is 10.4. The predicted molar refractivity (Wildman–Crippen MR) is 108 cm³/mol. The van der Waals surface area contributed by atoms with E-state index in [9.17, 15) is 9.59 Å². The first-order chi connectivity index (χ1) is 14.1. The lowest BCUT2D eigenvalue weighted by atomic mass is 10.2. The number of nitrogens with one attached hydrogen (secondary N) is 2. The molecule has 2 amide bonds. The average molecular weight is 418 g/mol. The predicted octanol–water partition coefficient (Wildman–Crippen LogP) is 2.50. The van der Waals surface area contributed by atoms with E-state index in [1.54, 1.807) is 18.2 Å². The van der Waals surface area contributed by atoms with Crippen LogP contribution in [0.2, 0.25) is 5.02 Å². The normalized spacial score (nSPS) is 15.9. The number of aromatic nitrogens is 3. The quantitative estimate of drug-likeness (QED) is 0.703. The van der Waals surface area contributed by atoms with E-state index in [1.165, 1.54) is 12.8 Å². The van der Waals surface area contributed by atoms with Crippen molar-refractivity contribution in [3.8, 4) is 5.75 Å². The maximum absolute atomic E-state index is 12.1. The molecule has 0 spiro atoms. The number of rotatable bonds is 6. The number of amides is 2. The highest BCUT2D eigenvalue weighted by Crippen LogP contribution is 2.31. The lowest BCUT2D eigenvalue weighted by Crippen LogP contribution is -2.36. The zero-order valence-electron chi connectivity index (χ0n) is 16.1. The molecule has 1 saturated carbocycles. The Morgan fingerprint density at radius 3 is 2.79 bits per heavy atom. The first kappa shape index (κ1) is 19.7. The standard InChI is InChI=1S/C20H24ClN5O3/c21-15-12-13(7-8-16(15)29-14-4-1-2-5-14)23-20(28)19(27)22-10-9-18-25-24-17-6-3-11-26(17)18/h7-8,12,14H,1-6,9-11H2,(H,22,27)(H,23,28). The van der Waals surface area contributed by atoms with E-state index < -0.39 is 11.8 Å². The highest BCUT2D eigenvalue weighted by atomic mass is 35.5. The van der Waals surface area contributed by atoms with Gasteiger partial charge in [-0.2, -0.15) is 0 Å². The van der Waals surface area contributed by atoms with Crippen LogP contribution in [0.15, 0.2) is 18.2 Å². The number of halogens is 1. The van der Waals surface area contributed by atoms with Crippen molar-refractivity contribution in [1.29, 1.82) is 0 Å². The van der Waals surface area contributed by atoms with Crippen LogP contribution in [-0.2, 0) is 29.0 Å². The van der Waals surface area contributed by atoms with Crippen LogP contribution in [-0.4, -0.2) is 39.2 Å². The minimum atomic E-state index is -0.739. The van der Waals surface area contributed by atoms with Crippen molar-refractivity contribution in [1.82, 2.24) is 20.1 Å². The van der Waals surface area contributed by atoms with Gasteiger partial charge >= 0.3 is 11.8 Å². The van der Waals surface area contributed by atoms with Gasteiger partial charge < -0.3 is 19.9 Å². The van der Waals surface area contributed by atoms with Gasteiger partial charge in [0.15, 0.2) is 0 Å². The summed E-state index contributed by atoms with van der Waals surface area (Å²) >= 11 is 6.27. The minimum Gasteiger partial charge on any atom is -0.489 e. The van der Waals surface area contributed by atoms with E-state index in [2.05, 4.69) is 25.4 Å². The molecule has 2 heterocycles. The van der Waals surface area contributed by atoms with Crippen molar-refractivity contribution >= 4 is 29.1 Å². The van der Waals surface area contributed by atoms with E-state index in [-0.39, 0.29) is 6.10 Å². The van der Waals surface area contributed by atoms with E-state index >= 15 is 0 Å². The van der Waals surface area contributed by atoms with Crippen LogP contribution in [0.4, 0.5) is 5.69 Å². The smallest absolute Gasteiger partial charge is 0.313 e. The Balaban J connectivity index is 1.25. The monoisotopic (exact) mass is 417 g/mol. The lowest BCUT2D eigenvalue weighted by Gasteiger charge is -2.15. The molecule has 4 rings (SSSR count). The molecule has 0 atom stereocenters. The summed E-state index contributed by atoms with van der Waals surface area (Å²) in [6.07, 6.45) is 7.15. The number of fused-ring (bicyclic) bond motifs is 1. The fraction of sp³-hybridized carbons (Fsp3) is 0.500. The van der Waals surface area contributed by atoms with Gasteiger partial charge in [0.1, 0.15) is 17.4 Å². The third-order valence-electron chi connectivity index (χ3n) is 5.31. The molecule has 1 aromatic carbocycles. The number of aryl methyl sites for hydroxylation is 1. The summed E-state index contributed by atoms with van der Waals surface area (Å²) in [6.45, 7) is 1.23. The minimum absolute atomic E-state index is 0.199. The molecule has 8 nitrogen and oxygen atoms in total. The molecule has 0 radical (unpaired) electrons. The Kier molecular flexibility index (Phi) is 5.99. The molecule has 2 aliphatic rings. The molecule has 29 heavy (non-hydrogen) atoms. The second kappa shape index (κ2) is 8.82. The Hall–Kier alpha value is -2.61. The Bertz CT molecular complexity index is 908. The summed E-state index contributed by atoms with van der Waals surface area (Å²) in [5.74, 6) is 0.983. The second-order valence-corrected chi connectivity index (χ2v) is 7.82. The first-order valence-electron chi connectivity index (χ1n) is 10.1. The molecule has 1 aromatic heterocycles. The van der Waals surface area contributed by atoms with Crippen molar-refractivity contribution in [3.63, 3.8) is 0 Å². The van der Waals surface area contributed by atoms with Crippen LogP contribution < -0.4 is 15.4 Å². The maximum atomic E-state index is 12.1. The van der Waals surface area contributed by atoms with Gasteiger partial charge in [0.2, 0.25) is 0 Å². The number of ether oxygens (including phenoxy) is 1. The highest BCUT2D eigenvalue weighted by Gasteiger charge is 2.20. The third-order valence-corrected chi connectivity index (χ3v) is 5.61. The largest absolute Gasteiger partial charge is 0.489 e. The van der Waals surface area contributed by atoms with Crippen LogP contribution >= 0.6 is 11.6 Å². The van der Waals surface area contributed by atoms with Crippen LogP contribution in [0.5, 0.6) is 5.75 Å². The van der Waals surface area contributed by atoms with E-state index in [0.29, 0.717) is 29.4 Å². The fourth-order valence-electron chi connectivity index (χ4n) is 3.81. The fourth-order valence-corrected chi connectivity index (χ4v) is 4.04. The number of nitrogens with zero attached hydrogens (tertiary/aromatic N) is 3. The SMILES string of the molecule is O=C(NCCc1nnc2n1CCC2)C(=O)Nc1ccc(OC2CCCC2)c(Cl)c1. The summed E-state index contributed by atoms with van der Waals surface area (Å²) in [5.41, 5.74) is 0.448. The van der Waals surface area contributed by atoms with E-state index in [4.69, 9.17) is 16.3 Å². The van der Waals surface area contributed by atoms with Gasteiger partial charge in [-0.15, -0.1) is 10.2 Å². The Morgan fingerprint density at radius 2 is 2.00 bits per heavy atom. The zero-order chi connectivity index (χ0) is 20.2. The molecule has 1 fully saturated rings. The summed E-state index contributed by atoms with van der Waals surface area (Å²) in [6, 6.07) is 5.00. The maximum Gasteiger partial charge on any atom is 0.313 e. The number of carbonyl (C=O) groups is 2. The van der Waals surface area contributed by atoms with Crippen molar-refractivity contribution < 1.29 is 14.3 Å². The topological polar surface area (TPSA) is 98.1 Å². The number of carbonyl (C=O) groups excluding carboxylic acids is 2. The van der Waals surface area contributed by atoms with Gasteiger partial charge in [0, 0.05) is 31.6 Å². The molecule has 1 aliphatic heterocycles. The average Bonchev–Trinajstić information content (AvgIpc) is 3.43. The third kappa shape index (κ3) is 4.70. The molecular weight excluding hydrogens is 394 g/mol. The highest BCUT2D eigenvalue weighted by molar-refractivity contribution is 6.40. The van der Waals surface area contributed by atoms with Crippen LogP contribution in [0.1, 0.15) is 43.8 Å². The number of anilines is 1. The molecular formula is C20H24ClN5O3. The molecule has 154 valence electrons. The van der Waals surface area contributed by atoms with Gasteiger partial charge in [-0.3, -0.25) is 9.59 Å². The van der Waals surface area contributed by atoms with Crippen LogP contribution in [0.3, 0.4) is 0 Å². The zero-order valence-corrected chi connectivity index (χ0v) is 16.9. The summed E-state index contributed by atoms with van der Waals surface area (Å²) < 4.78 is 7.97. The molecule has 1 aliphatic carbocycles. The van der Waals surface area contributed by atoms with Crippen molar-refractivity contribution in [2.45, 2.75) is 57.6 Å². The van der Waals surface area contributed by atoms with Gasteiger partial charge in [-0.25, -0.2) is 0 Å². The van der Waals surface area contributed by atoms with Crippen LogP contribution in [0, 0.1) is 0 Å². The Labute approximate surface area is 174 Å². The summed E-state index contributed by atoms with van der Waals surface area (Å²) in [5, 5.41) is 13.9. The van der Waals surface area contributed by atoms with E-state index in [0.717, 1.165) is 43.9 Å². The molecule has 2 N–H and O–H groups in total. The second-order valence-electron chi connectivity index (χ2n) is 7.42. The molecule has 0 unspecified atom stereocenters. The molecule has 0 bridgehead atoms. The van der Waals surface area contributed by atoms with Gasteiger partial charge in [0.25, 0.3) is 0 Å². The molecule has 9 heteroatoms. The number of hydrogen-bond donors (Lipinski definition) is 2. The van der Waals surface area contributed by atoms with Crippen molar-refractivity contribution in [2.24, 2.45) is 0 Å². The van der Waals surface area contributed by atoms with E-state index in [1.807, 2.05) is 0 Å². The molecule has 2 aromatic rings. The van der Waals surface area contributed by atoms with Gasteiger partial charge in [-0.05, 0) is 50.3 Å². The summed E-state index contributed by atoms with van der Waals surface area (Å²) in [4.78, 5) is 24.2. The lowest BCUT2D eigenvalue weighted by molar-refractivity contribution is -0.136. The van der Waals surface area contributed by atoms with Crippen molar-refractivity contribution in [3.05, 3.63) is 34.9 Å². The number of benzene rings is 1. The van der Waals surface area contributed by atoms with Crippen molar-refractivity contribution in [2.75, 3.05) is 11.9 Å².